The summed E-state index contributed by atoms with van der Waals surface area (Å²) in [5.74, 6) is -0.705. The molecule has 1 aromatic heterocycles. The van der Waals surface area contributed by atoms with Crippen LogP contribution in [0, 0.1) is 0 Å². The van der Waals surface area contributed by atoms with E-state index in [9.17, 15) is 19.1 Å². The lowest BCUT2D eigenvalue weighted by Gasteiger charge is -2.11. The lowest BCUT2D eigenvalue weighted by molar-refractivity contribution is -0.138. The second-order valence-electron chi connectivity index (χ2n) is 4.73. The molecule has 0 spiro atoms. The molecule has 0 fully saturated rings. The van der Waals surface area contributed by atoms with Crippen LogP contribution in [0.4, 0.5) is 0 Å². The number of carbonyl (C=O) groups is 1. The van der Waals surface area contributed by atoms with Gasteiger partial charge in [-0.3, -0.25) is 9.36 Å². The van der Waals surface area contributed by atoms with Gasteiger partial charge in [0, 0.05) is 6.42 Å². The molecule has 0 aliphatic rings. The number of benzene rings is 1. The van der Waals surface area contributed by atoms with Gasteiger partial charge >= 0.3 is 13.6 Å². The van der Waals surface area contributed by atoms with Gasteiger partial charge in [-0.25, -0.2) is 4.98 Å². The fraction of sp³-hybridized carbons (Fsp3) is 0.333. The summed E-state index contributed by atoms with van der Waals surface area (Å²) in [6.45, 7) is 0. The van der Waals surface area contributed by atoms with Crippen molar-refractivity contribution in [2.24, 2.45) is 5.73 Å². The number of rotatable bonds is 6. The van der Waals surface area contributed by atoms with Crippen LogP contribution < -0.4 is 5.73 Å². The van der Waals surface area contributed by atoms with Crippen LogP contribution in [0.25, 0.3) is 11.0 Å². The van der Waals surface area contributed by atoms with Gasteiger partial charge in [0.15, 0.2) is 0 Å². The van der Waals surface area contributed by atoms with Crippen molar-refractivity contribution in [1.29, 1.82) is 0 Å². The maximum atomic E-state index is 11.3. The summed E-state index contributed by atoms with van der Waals surface area (Å²) in [7, 11) is -4.28. The number of hydrogen-bond acceptors (Lipinski definition) is 4. The fourth-order valence-corrected chi connectivity index (χ4v) is 2.75. The molecule has 2 rings (SSSR count). The number of imidazole rings is 1. The molecule has 1 heterocycles. The highest BCUT2D eigenvalue weighted by molar-refractivity contribution is 7.50. The third-order valence-corrected chi connectivity index (χ3v) is 3.71. The van der Waals surface area contributed by atoms with Crippen molar-refractivity contribution < 1.29 is 24.3 Å². The Morgan fingerprint density at radius 2 is 2.05 bits per heavy atom. The van der Waals surface area contributed by atoms with Crippen molar-refractivity contribution >= 4 is 24.6 Å². The maximum absolute atomic E-state index is 11.3. The van der Waals surface area contributed by atoms with E-state index < -0.39 is 25.9 Å². The molecule has 1 atom stereocenters. The first kappa shape index (κ1) is 15.7. The van der Waals surface area contributed by atoms with Crippen LogP contribution in [0.2, 0.25) is 0 Å². The van der Waals surface area contributed by atoms with Gasteiger partial charge in [0.25, 0.3) is 0 Å². The highest BCUT2D eigenvalue weighted by Gasteiger charge is 2.21. The lowest BCUT2D eigenvalue weighted by Crippen LogP contribution is -2.30. The number of aromatic nitrogens is 2. The Balaban J connectivity index is 2.35. The van der Waals surface area contributed by atoms with Gasteiger partial charge in [0.2, 0.25) is 0 Å². The molecule has 0 amide bonds. The van der Waals surface area contributed by atoms with Crippen LogP contribution in [0.1, 0.15) is 12.2 Å². The molecule has 5 N–H and O–H groups in total. The predicted octanol–water partition coefficient (Wildman–Crippen LogP) is 0.516. The molecule has 0 aliphatic heterocycles. The molecule has 0 saturated carbocycles. The molecule has 0 bridgehead atoms. The summed E-state index contributed by atoms with van der Waals surface area (Å²) in [5.41, 5.74) is 6.64. The number of aryl methyl sites for hydroxylation is 1. The van der Waals surface area contributed by atoms with Crippen LogP contribution >= 0.6 is 7.60 Å². The first-order valence-electron chi connectivity index (χ1n) is 6.25. The minimum absolute atomic E-state index is 0.139. The molecule has 9 heteroatoms. The highest BCUT2D eigenvalue weighted by atomic mass is 31.2. The van der Waals surface area contributed by atoms with E-state index in [1.54, 1.807) is 24.3 Å². The van der Waals surface area contributed by atoms with E-state index in [1.165, 1.54) is 4.57 Å². The van der Waals surface area contributed by atoms with Gasteiger partial charge in [0.1, 0.15) is 18.2 Å². The van der Waals surface area contributed by atoms with Crippen LogP contribution in [-0.2, 0) is 22.1 Å². The quantitative estimate of drug-likeness (QED) is 0.570. The Hall–Kier alpha value is -1.73. The molecule has 8 nitrogen and oxygen atoms in total. The van der Waals surface area contributed by atoms with Gasteiger partial charge in [-0.2, -0.15) is 0 Å². The number of nitrogens with zero attached hydrogens (tertiary/aromatic N) is 2. The first-order chi connectivity index (χ1) is 9.78. The topological polar surface area (TPSA) is 139 Å². The van der Waals surface area contributed by atoms with E-state index in [0.29, 0.717) is 16.9 Å². The molecule has 2 aromatic rings. The number of hydrogen-bond donors (Lipinski definition) is 4. The van der Waals surface area contributed by atoms with Crippen molar-refractivity contribution in [3.8, 4) is 0 Å². The van der Waals surface area contributed by atoms with Gasteiger partial charge in [-0.15, -0.1) is 0 Å². The number of aliphatic carboxylic acids is 1. The number of nitrogens with two attached hydrogens (primary N) is 1. The Kier molecular flexibility index (Phi) is 4.43. The molecule has 0 saturated heterocycles. The Labute approximate surface area is 120 Å². The number of para-hydroxylation sites is 2. The van der Waals surface area contributed by atoms with Gasteiger partial charge < -0.3 is 25.2 Å². The number of carboxylic acids is 1. The molecular formula is C12H16N3O5P. The molecule has 1 aromatic carbocycles. The van der Waals surface area contributed by atoms with Gasteiger partial charge in [0.05, 0.1) is 11.0 Å². The minimum atomic E-state index is -4.28. The summed E-state index contributed by atoms with van der Waals surface area (Å²) < 4.78 is 12.7. The van der Waals surface area contributed by atoms with Crippen molar-refractivity contribution in [3.05, 3.63) is 30.1 Å². The SMILES string of the molecule is N[C@@H](CCc1nc2ccccc2n1CP(=O)(O)O)C(=O)O. The zero-order valence-electron chi connectivity index (χ0n) is 11.1. The molecule has 0 aliphatic carbocycles. The molecule has 0 radical (unpaired) electrons. The highest BCUT2D eigenvalue weighted by Crippen LogP contribution is 2.38. The minimum Gasteiger partial charge on any atom is -0.480 e. The van der Waals surface area contributed by atoms with Gasteiger partial charge in [-0.05, 0) is 18.6 Å². The third-order valence-electron chi connectivity index (χ3n) is 3.06. The maximum Gasteiger partial charge on any atom is 0.345 e. The zero-order valence-corrected chi connectivity index (χ0v) is 12.0. The molecular weight excluding hydrogens is 297 g/mol. The van der Waals surface area contributed by atoms with Crippen LogP contribution in [-0.4, -0.2) is 36.5 Å². The standard InChI is InChI=1S/C12H16N3O5P/c13-8(12(16)17)5-6-11-14-9-3-1-2-4-10(9)15(11)7-21(18,19)20/h1-4,8H,5-7,13H2,(H,16,17)(H2,18,19,20)/t8-/m0/s1. The van der Waals surface area contributed by atoms with E-state index >= 15 is 0 Å². The van der Waals surface area contributed by atoms with E-state index in [2.05, 4.69) is 4.98 Å². The normalized spacial score (nSPS) is 13.5. The van der Waals surface area contributed by atoms with Crippen molar-refractivity contribution in [2.75, 3.05) is 0 Å². The summed E-state index contributed by atoms with van der Waals surface area (Å²) >= 11 is 0. The van der Waals surface area contributed by atoms with Crippen molar-refractivity contribution in [1.82, 2.24) is 9.55 Å². The third kappa shape index (κ3) is 3.89. The largest absolute Gasteiger partial charge is 0.480 e. The molecule has 21 heavy (non-hydrogen) atoms. The van der Waals surface area contributed by atoms with Crippen LogP contribution in [0.5, 0.6) is 0 Å². The second-order valence-corrected chi connectivity index (χ2v) is 6.35. The first-order valence-corrected chi connectivity index (χ1v) is 8.05. The smallest absolute Gasteiger partial charge is 0.345 e. The van der Waals surface area contributed by atoms with Crippen molar-refractivity contribution in [3.63, 3.8) is 0 Å². The molecule has 0 unspecified atom stereocenters. The van der Waals surface area contributed by atoms with Crippen LogP contribution in [0.15, 0.2) is 24.3 Å². The Bertz CT molecular complexity index is 708. The van der Waals surface area contributed by atoms with E-state index in [1.807, 2.05) is 0 Å². The fourth-order valence-electron chi connectivity index (χ4n) is 2.07. The Morgan fingerprint density at radius 3 is 2.67 bits per heavy atom. The van der Waals surface area contributed by atoms with E-state index in [0.717, 1.165) is 0 Å². The second kappa shape index (κ2) is 5.95. The zero-order chi connectivity index (χ0) is 15.6. The summed E-state index contributed by atoms with van der Waals surface area (Å²) in [6, 6.07) is 5.91. The number of fused-ring (bicyclic) bond motifs is 1. The lowest BCUT2D eigenvalue weighted by atomic mass is 10.1. The average molecular weight is 313 g/mol. The van der Waals surface area contributed by atoms with E-state index in [-0.39, 0.29) is 12.8 Å². The molecule has 114 valence electrons. The van der Waals surface area contributed by atoms with E-state index in [4.69, 9.17) is 10.8 Å². The summed E-state index contributed by atoms with van der Waals surface area (Å²) in [4.78, 5) is 33.4. The predicted molar refractivity (Wildman–Crippen MR) is 75.7 cm³/mol. The Morgan fingerprint density at radius 1 is 1.38 bits per heavy atom. The summed E-state index contributed by atoms with van der Waals surface area (Å²) in [6.07, 6.45) is -0.132. The monoisotopic (exact) mass is 313 g/mol. The summed E-state index contributed by atoms with van der Waals surface area (Å²) in [5, 5.41) is 8.78. The van der Waals surface area contributed by atoms with Gasteiger partial charge in [-0.1, -0.05) is 12.1 Å². The number of carboxylic acid groups (broad SMARTS) is 1. The van der Waals surface area contributed by atoms with Crippen molar-refractivity contribution in [2.45, 2.75) is 25.2 Å². The van der Waals surface area contributed by atoms with Crippen LogP contribution in [0.3, 0.4) is 0 Å². The average Bonchev–Trinajstić information content (AvgIpc) is 2.72.